The Labute approximate surface area is 76.2 Å². The summed E-state index contributed by atoms with van der Waals surface area (Å²) in [7, 11) is 0. The molecule has 0 saturated heterocycles. The van der Waals surface area contributed by atoms with E-state index in [2.05, 4.69) is 32.6 Å². The highest BCUT2D eigenvalue weighted by atomic mass is 16.7. The average molecular weight is 174 g/mol. The molecule has 0 aliphatic rings. The quantitative estimate of drug-likeness (QED) is 0.430. The van der Waals surface area contributed by atoms with E-state index in [9.17, 15) is 0 Å². The molecule has 0 amide bonds. The van der Waals surface area contributed by atoms with E-state index in [1.807, 2.05) is 5.06 Å². The van der Waals surface area contributed by atoms with Gasteiger partial charge in [0, 0.05) is 13.1 Å². The van der Waals surface area contributed by atoms with E-state index in [1.165, 1.54) is 0 Å². The van der Waals surface area contributed by atoms with Gasteiger partial charge >= 0.3 is 0 Å². The molecule has 0 saturated carbocycles. The molecule has 0 N–H and O–H groups in total. The SMILES string of the molecule is CCN(CC)CON(CC)CC. The van der Waals surface area contributed by atoms with Gasteiger partial charge in [-0.25, -0.2) is 0 Å². The smallest absolute Gasteiger partial charge is 0.121 e. The van der Waals surface area contributed by atoms with Crippen LogP contribution in [0, 0.1) is 0 Å². The largest absolute Gasteiger partial charge is 0.283 e. The molecule has 0 aliphatic carbocycles. The molecule has 0 radical (unpaired) electrons. The number of nitrogens with zero attached hydrogens (tertiary/aromatic N) is 2. The van der Waals surface area contributed by atoms with Crippen molar-refractivity contribution in [2.45, 2.75) is 27.7 Å². The molecule has 0 fully saturated rings. The first-order valence-corrected chi connectivity index (χ1v) is 4.88. The fourth-order valence-corrected chi connectivity index (χ4v) is 0.976. The summed E-state index contributed by atoms with van der Waals surface area (Å²) in [6.45, 7) is 13.2. The predicted octanol–water partition coefficient (Wildman–Crippen LogP) is 1.56. The molecule has 0 aliphatic heterocycles. The highest BCUT2D eigenvalue weighted by molar-refractivity contribution is 4.43. The third-order valence-corrected chi connectivity index (χ3v) is 2.02. The molecular formula is C9H22N2O. The summed E-state index contributed by atoms with van der Waals surface area (Å²) in [5.74, 6) is 0. The van der Waals surface area contributed by atoms with E-state index in [4.69, 9.17) is 4.84 Å². The van der Waals surface area contributed by atoms with Crippen molar-refractivity contribution in [3.63, 3.8) is 0 Å². The second-order valence-electron chi connectivity index (χ2n) is 2.68. The van der Waals surface area contributed by atoms with Crippen molar-refractivity contribution in [1.29, 1.82) is 0 Å². The maximum absolute atomic E-state index is 5.54. The first kappa shape index (κ1) is 11.9. The molecule has 0 unspecified atom stereocenters. The summed E-state index contributed by atoms with van der Waals surface area (Å²) in [5.41, 5.74) is 0. The highest BCUT2D eigenvalue weighted by Crippen LogP contribution is 1.92. The van der Waals surface area contributed by atoms with Gasteiger partial charge in [0.15, 0.2) is 0 Å². The molecule has 0 bridgehead atoms. The Bertz CT molecular complexity index is 78.5. The van der Waals surface area contributed by atoms with Gasteiger partial charge in [-0.05, 0) is 13.1 Å². The van der Waals surface area contributed by atoms with Gasteiger partial charge in [-0.2, -0.15) is 5.06 Å². The summed E-state index contributed by atoms with van der Waals surface area (Å²) in [4.78, 5) is 7.79. The topological polar surface area (TPSA) is 15.7 Å². The Balaban J connectivity index is 3.49. The van der Waals surface area contributed by atoms with Crippen molar-refractivity contribution < 1.29 is 4.84 Å². The van der Waals surface area contributed by atoms with E-state index in [-0.39, 0.29) is 0 Å². The number of rotatable bonds is 7. The van der Waals surface area contributed by atoms with Gasteiger partial charge in [-0.1, -0.05) is 27.7 Å². The number of hydroxylamine groups is 2. The average Bonchev–Trinajstić information content (AvgIpc) is 2.13. The van der Waals surface area contributed by atoms with E-state index in [0.29, 0.717) is 6.73 Å². The zero-order chi connectivity index (χ0) is 9.40. The minimum absolute atomic E-state index is 0.717. The molecule has 0 aromatic carbocycles. The van der Waals surface area contributed by atoms with Crippen molar-refractivity contribution in [2.24, 2.45) is 0 Å². The van der Waals surface area contributed by atoms with Crippen LogP contribution in [0.3, 0.4) is 0 Å². The normalized spacial score (nSPS) is 11.5. The zero-order valence-electron chi connectivity index (χ0n) is 8.84. The highest BCUT2D eigenvalue weighted by Gasteiger charge is 2.02. The van der Waals surface area contributed by atoms with E-state index in [0.717, 1.165) is 26.2 Å². The van der Waals surface area contributed by atoms with Crippen molar-refractivity contribution in [3.05, 3.63) is 0 Å². The monoisotopic (exact) mass is 174 g/mol. The van der Waals surface area contributed by atoms with Crippen LogP contribution < -0.4 is 0 Å². The number of hydrogen-bond donors (Lipinski definition) is 0. The first-order valence-electron chi connectivity index (χ1n) is 4.88. The molecule has 0 aromatic rings. The minimum atomic E-state index is 0.717. The maximum atomic E-state index is 5.54. The summed E-state index contributed by atoms with van der Waals surface area (Å²) < 4.78 is 0. The Kier molecular flexibility index (Phi) is 7.45. The lowest BCUT2D eigenvalue weighted by Crippen LogP contribution is -2.32. The van der Waals surface area contributed by atoms with Crippen LogP contribution >= 0.6 is 0 Å². The van der Waals surface area contributed by atoms with Gasteiger partial charge in [0.05, 0.1) is 0 Å². The van der Waals surface area contributed by atoms with Crippen LogP contribution in [-0.2, 0) is 4.84 Å². The van der Waals surface area contributed by atoms with Gasteiger partial charge in [-0.3, -0.25) is 9.74 Å². The summed E-state index contributed by atoms with van der Waals surface area (Å²) in [6, 6.07) is 0. The third kappa shape index (κ3) is 4.70. The molecule has 0 aromatic heterocycles. The summed E-state index contributed by atoms with van der Waals surface area (Å²) in [6.07, 6.45) is 0. The standard InChI is InChI=1S/C9H22N2O/c1-5-10(6-2)9-12-11(7-3)8-4/h5-9H2,1-4H3. The lowest BCUT2D eigenvalue weighted by molar-refractivity contribution is -0.185. The van der Waals surface area contributed by atoms with Crippen molar-refractivity contribution in [3.8, 4) is 0 Å². The van der Waals surface area contributed by atoms with E-state index >= 15 is 0 Å². The molecule has 0 heterocycles. The van der Waals surface area contributed by atoms with Crippen molar-refractivity contribution in [1.82, 2.24) is 9.96 Å². The van der Waals surface area contributed by atoms with Crippen molar-refractivity contribution >= 4 is 0 Å². The van der Waals surface area contributed by atoms with Crippen LogP contribution in [0.5, 0.6) is 0 Å². The fourth-order valence-electron chi connectivity index (χ4n) is 0.976. The van der Waals surface area contributed by atoms with Gasteiger partial charge in [0.2, 0.25) is 0 Å². The summed E-state index contributed by atoms with van der Waals surface area (Å²) in [5, 5.41) is 1.97. The van der Waals surface area contributed by atoms with E-state index in [1.54, 1.807) is 0 Å². The lowest BCUT2D eigenvalue weighted by atomic mass is 10.6. The molecule has 0 rings (SSSR count). The van der Waals surface area contributed by atoms with Crippen LogP contribution in [-0.4, -0.2) is 42.9 Å². The van der Waals surface area contributed by atoms with Gasteiger partial charge in [0.25, 0.3) is 0 Å². The molecule has 3 nitrogen and oxygen atoms in total. The lowest BCUT2D eigenvalue weighted by Gasteiger charge is -2.23. The maximum Gasteiger partial charge on any atom is 0.121 e. The van der Waals surface area contributed by atoms with Crippen LogP contribution in [0.4, 0.5) is 0 Å². The second-order valence-corrected chi connectivity index (χ2v) is 2.68. The van der Waals surface area contributed by atoms with Gasteiger partial charge < -0.3 is 0 Å². The first-order chi connectivity index (χ1) is 5.78. The molecule has 74 valence electrons. The molecular weight excluding hydrogens is 152 g/mol. The number of hydrogen-bond acceptors (Lipinski definition) is 3. The second kappa shape index (κ2) is 7.53. The van der Waals surface area contributed by atoms with Crippen LogP contribution in [0.1, 0.15) is 27.7 Å². The van der Waals surface area contributed by atoms with Gasteiger partial charge in [0.1, 0.15) is 6.73 Å². The predicted molar refractivity (Wildman–Crippen MR) is 51.8 cm³/mol. The van der Waals surface area contributed by atoms with Gasteiger partial charge in [-0.15, -0.1) is 0 Å². The Morgan fingerprint density at radius 3 is 1.67 bits per heavy atom. The van der Waals surface area contributed by atoms with Crippen LogP contribution in [0.2, 0.25) is 0 Å². The van der Waals surface area contributed by atoms with Crippen LogP contribution in [0.25, 0.3) is 0 Å². The zero-order valence-corrected chi connectivity index (χ0v) is 8.84. The Morgan fingerprint density at radius 2 is 1.33 bits per heavy atom. The summed E-state index contributed by atoms with van der Waals surface area (Å²) >= 11 is 0. The Morgan fingerprint density at radius 1 is 0.833 bits per heavy atom. The van der Waals surface area contributed by atoms with Crippen molar-refractivity contribution in [2.75, 3.05) is 32.9 Å². The minimum Gasteiger partial charge on any atom is -0.283 e. The molecule has 12 heavy (non-hydrogen) atoms. The fraction of sp³-hybridized carbons (Fsp3) is 1.00. The van der Waals surface area contributed by atoms with Crippen LogP contribution in [0.15, 0.2) is 0 Å². The van der Waals surface area contributed by atoms with E-state index < -0.39 is 0 Å². The Hall–Kier alpha value is -0.120. The molecule has 3 heteroatoms. The third-order valence-electron chi connectivity index (χ3n) is 2.02. The molecule has 0 atom stereocenters. The molecule has 0 spiro atoms.